The van der Waals surface area contributed by atoms with Crippen LogP contribution in [0.25, 0.3) is 0 Å². The van der Waals surface area contributed by atoms with Gasteiger partial charge in [0.2, 0.25) is 0 Å². The minimum absolute atomic E-state index is 0.363. The summed E-state index contributed by atoms with van der Waals surface area (Å²) >= 11 is 21.0. The molecule has 0 fully saturated rings. The Balaban J connectivity index is 1.80. The quantitative estimate of drug-likeness (QED) is 0.477. The second-order valence-corrected chi connectivity index (χ2v) is 8.46. The predicted octanol–water partition coefficient (Wildman–Crippen LogP) is 6.59. The van der Waals surface area contributed by atoms with Crippen molar-refractivity contribution < 1.29 is 4.74 Å². The number of rotatable bonds is 4. The number of nitrogens with zero attached hydrogens (tertiary/aromatic N) is 1. The predicted molar refractivity (Wildman–Crippen MR) is 106 cm³/mol. The lowest BCUT2D eigenvalue weighted by atomic mass is 10.2. The Labute approximate surface area is 165 Å². The molecule has 0 aliphatic carbocycles. The van der Waals surface area contributed by atoms with E-state index in [2.05, 4.69) is 36.9 Å². The highest BCUT2D eigenvalue weighted by Gasteiger charge is 2.15. The summed E-state index contributed by atoms with van der Waals surface area (Å²) in [7, 11) is 0. The number of hydrogen-bond donors (Lipinski definition) is 0. The van der Waals surface area contributed by atoms with Crippen LogP contribution in [0, 0.1) is 0 Å². The van der Waals surface area contributed by atoms with Crippen LogP contribution in [0.5, 0.6) is 5.75 Å². The maximum absolute atomic E-state index is 6.18. The van der Waals surface area contributed by atoms with Crippen molar-refractivity contribution in [3.63, 3.8) is 0 Å². The largest absolute Gasteiger partial charge is 0.486 e. The molecular formula is C16H11Br2Cl2NOS. The van der Waals surface area contributed by atoms with Gasteiger partial charge in [-0.05, 0) is 56.1 Å². The van der Waals surface area contributed by atoms with Crippen LogP contribution in [0.2, 0.25) is 10.0 Å². The molecule has 120 valence electrons. The maximum atomic E-state index is 6.18. The van der Waals surface area contributed by atoms with Crippen LogP contribution in [-0.4, -0.2) is 17.3 Å². The second-order valence-electron chi connectivity index (χ2n) is 4.83. The van der Waals surface area contributed by atoms with E-state index in [-0.39, 0.29) is 0 Å². The molecule has 0 amide bonds. The Bertz CT molecular complexity index is 760. The van der Waals surface area contributed by atoms with Gasteiger partial charge in [-0.3, -0.25) is 4.99 Å². The van der Waals surface area contributed by atoms with Gasteiger partial charge >= 0.3 is 0 Å². The molecule has 0 aromatic heterocycles. The van der Waals surface area contributed by atoms with Crippen molar-refractivity contribution in [2.45, 2.75) is 6.61 Å². The van der Waals surface area contributed by atoms with Gasteiger partial charge in [-0.15, -0.1) is 11.8 Å². The third kappa shape index (κ3) is 4.26. The van der Waals surface area contributed by atoms with Crippen molar-refractivity contribution in [2.75, 3.05) is 12.3 Å². The molecule has 0 bridgehead atoms. The molecule has 0 saturated carbocycles. The molecule has 2 aromatic rings. The van der Waals surface area contributed by atoms with Crippen LogP contribution >= 0.6 is 66.8 Å². The van der Waals surface area contributed by atoms with E-state index in [0.29, 0.717) is 16.7 Å². The molecule has 0 atom stereocenters. The monoisotopic (exact) mass is 493 g/mol. The van der Waals surface area contributed by atoms with Crippen molar-refractivity contribution in [3.8, 4) is 5.75 Å². The lowest BCUT2D eigenvalue weighted by molar-refractivity contribution is 0.302. The lowest BCUT2D eigenvalue weighted by Gasteiger charge is -2.13. The molecule has 2 nitrogen and oxygen atoms in total. The van der Waals surface area contributed by atoms with E-state index in [1.165, 1.54) is 0 Å². The average Bonchev–Trinajstić information content (AvgIpc) is 3.02. The topological polar surface area (TPSA) is 21.6 Å². The van der Waals surface area contributed by atoms with Gasteiger partial charge in [-0.2, -0.15) is 0 Å². The third-order valence-electron chi connectivity index (χ3n) is 3.22. The van der Waals surface area contributed by atoms with Crippen molar-refractivity contribution >= 4 is 71.9 Å². The van der Waals surface area contributed by atoms with Crippen molar-refractivity contribution in [2.24, 2.45) is 4.99 Å². The molecule has 1 heterocycles. The van der Waals surface area contributed by atoms with Gasteiger partial charge in [-0.1, -0.05) is 29.3 Å². The minimum Gasteiger partial charge on any atom is -0.486 e. The molecule has 3 rings (SSSR count). The zero-order chi connectivity index (χ0) is 16.4. The molecule has 0 unspecified atom stereocenters. The fraction of sp³-hybridized carbons (Fsp3) is 0.188. The fourth-order valence-corrected chi connectivity index (χ4v) is 4.84. The fourth-order valence-electron chi connectivity index (χ4n) is 2.12. The number of hydrogen-bond acceptors (Lipinski definition) is 3. The summed E-state index contributed by atoms with van der Waals surface area (Å²) in [4.78, 5) is 4.50. The first-order valence-corrected chi connectivity index (χ1v) is 10.1. The van der Waals surface area contributed by atoms with Crippen LogP contribution in [0.4, 0.5) is 0 Å². The number of thioether (sulfide) groups is 1. The van der Waals surface area contributed by atoms with Gasteiger partial charge in [0.05, 0.1) is 14.0 Å². The molecule has 7 heteroatoms. The van der Waals surface area contributed by atoms with E-state index >= 15 is 0 Å². The Morgan fingerprint density at radius 1 is 1.13 bits per heavy atom. The van der Waals surface area contributed by atoms with E-state index in [1.807, 2.05) is 18.2 Å². The highest BCUT2D eigenvalue weighted by molar-refractivity contribution is 9.11. The first-order chi connectivity index (χ1) is 11.0. The Morgan fingerprint density at radius 3 is 2.48 bits per heavy atom. The SMILES string of the molecule is Clc1ccc(COc2c(Br)cc(C3=NCCS3)cc2Br)c(Cl)c1. The van der Waals surface area contributed by atoms with Gasteiger partial charge in [0.1, 0.15) is 12.4 Å². The molecule has 0 saturated heterocycles. The van der Waals surface area contributed by atoms with Gasteiger partial charge in [-0.25, -0.2) is 0 Å². The highest BCUT2D eigenvalue weighted by Crippen LogP contribution is 2.37. The van der Waals surface area contributed by atoms with E-state index in [1.54, 1.807) is 23.9 Å². The Morgan fingerprint density at radius 2 is 1.87 bits per heavy atom. The van der Waals surface area contributed by atoms with Crippen LogP contribution in [-0.2, 0) is 6.61 Å². The van der Waals surface area contributed by atoms with E-state index < -0.39 is 0 Å². The first kappa shape index (κ1) is 17.6. The zero-order valence-electron chi connectivity index (χ0n) is 11.8. The summed E-state index contributed by atoms with van der Waals surface area (Å²) in [5.74, 6) is 1.78. The van der Waals surface area contributed by atoms with Gasteiger partial charge in [0.15, 0.2) is 0 Å². The summed E-state index contributed by atoms with van der Waals surface area (Å²) < 4.78 is 7.68. The summed E-state index contributed by atoms with van der Waals surface area (Å²) in [5, 5.41) is 2.28. The molecule has 1 aliphatic heterocycles. The van der Waals surface area contributed by atoms with E-state index in [9.17, 15) is 0 Å². The number of aliphatic imine (C=N–C) groups is 1. The summed E-state index contributed by atoms with van der Waals surface area (Å²) in [6.07, 6.45) is 0. The van der Waals surface area contributed by atoms with Crippen molar-refractivity contribution in [1.29, 1.82) is 0 Å². The third-order valence-corrected chi connectivity index (χ3v) is 6.01. The molecule has 0 radical (unpaired) electrons. The van der Waals surface area contributed by atoms with Crippen LogP contribution in [0.15, 0.2) is 44.3 Å². The Hall–Kier alpha value is -0.200. The van der Waals surface area contributed by atoms with Gasteiger partial charge < -0.3 is 4.74 Å². The summed E-state index contributed by atoms with van der Waals surface area (Å²) in [5.41, 5.74) is 1.97. The Kier molecular flexibility index (Phi) is 5.97. The first-order valence-electron chi connectivity index (χ1n) is 6.78. The van der Waals surface area contributed by atoms with Crippen molar-refractivity contribution in [3.05, 3.63) is 60.4 Å². The van der Waals surface area contributed by atoms with Crippen LogP contribution in [0.3, 0.4) is 0 Å². The summed E-state index contributed by atoms with van der Waals surface area (Å²) in [6.45, 7) is 1.24. The van der Waals surface area contributed by atoms with Gasteiger partial charge in [0, 0.05) is 33.5 Å². The average molecular weight is 496 g/mol. The summed E-state index contributed by atoms with van der Waals surface area (Å²) in [6, 6.07) is 9.44. The molecule has 2 aromatic carbocycles. The number of halogens is 4. The van der Waals surface area contributed by atoms with E-state index in [0.717, 1.165) is 43.2 Å². The van der Waals surface area contributed by atoms with Crippen LogP contribution in [0.1, 0.15) is 11.1 Å². The standard InChI is InChI=1S/C16H11Br2Cl2NOS/c17-12-5-10(16-21-3-4-23-16)6-13(18)15(12)22-8-9-1-2-11(19)7-14(9)20/h1-2,5-7H,3-4,8H2. The smallest absolute Gasteiger partial charge is 0.148 e. The lowest BCUT2D eigenvalue weighted by Crippen LogP contribution is -2.00. The van der Waals surface area contributed by atoms with Gasteiger partial charge in [0.25, 0.3) is 0 Å². The number of benzene rings is 2. The molecule has 23 heavy (non-hydrogen) atoms. The zero-order valence-corrected chi connectivity index (χ0v) is 17.3. The van der Waals surface area contributed by atoms with Crippen molar-refractivity contribution in [1.82, 2.24) is 0 Å². The molecule has 0 N–H and O–H groups in total. The molecule has 1 aliphatic rings. The molecule has 0 spiro atoms. The molecular weight excluding hydrogens is 485 g/mol. The number of ether oxygens (including phenoxy) is 1. The second kappa shape index (κ2) is 7.79. The highest BCUT2D eigenvalue weighted by atomic mass is 79.9. The maximum Gasteiger partial charge on any atom is 0.148 e. The minimum atomic E-state index is 0.363. The normalized spacial score (nSPS) is 14.0. The van der Waals surface area contributed by atoms with E-state index in [4.69, 9.17) is 27.9 Å². The van der Waals surface area contributed by atoms with Crippen LogP contribution < -0.4 is 4.74 Å².